The Morgan fingerprint density at radius 3 is 2.50 bits per heavy atom. The average Bonchev–Trinajstić information content (AvgIpc) is 2.46. The second-order valence-corrected chi connectivity index (χ2v) is 5.83. The van der Waals surface area contributed by atoms with Crippen molar-refractivity contribution in [3.8, 4) is 0 Å². The summed E-state index contributed by atoms with van der Waals surface area (Å²) in [5.41, 5.74) is 9.05. The van der Waals surface area contributed by atoms with Gasteiger partial charge < -0.3 is 5.73 Å². The van der Waals surface area contributed by atoms with Crippen LogP contribution in [0, 0.1) is 0 Å². The summed E-state index contributed by atoms with van der Waals surface area (Å²) in [5.74, 6) is 0. The number of nitrogens with zero attached hydrogens (tertiary/aromatic N) is 1. The number of benzene rings is 1. The van der Waals surface area contributed by atoms with Gasteiger partial charge in [0, 0.05) is 25.2 Å². The van der Waals surface area contributed by atoms with Crippen LogP contribution >= 0.6 is 0 Å². The van der Waals surface area contributed by atoms with Crippen molar-refractivity contribution in [2.24, 2.45) is 5.73 Å². The molecular weight excluding hydrogens is 220 g/mol. The third-order valence-corrected chi connectivity index (χ3v) is 4.71. The minimum absolute atomic E-state index is 0.558. The highest BCUT2D eigenvalue weighted by molar-refractivity contribution is 5.30. The number of fused-ring (bicyclic) bond motifs is 1. The van der Waals surface area contributed by atoms with Gasteiger partial charge in [-0.1, -0.05) is 43.5 Å². The van der Waals surface area contributed by atoms with Crippen LogP contribution in [0.2, 0.25) is 0 Å². The Labute approximate surface area is 110 Å². The van der Waals surface area contributed by atoms with Crippen molar-refractivity contribution in [2.45, 2.75) is 57.2 Å². The van der Waals surface area contributed by atoms with E-state index in [-0.39, 0.29) is 0 Å². The number of nitrogens with two attached hydrogens (primary N) is 1. The Balaban J connectivity index is 1.81. The van der Waals surface area contributed by atoms with Crippen LogP contribution < -0.4 is 5.73 Å². The first-order valence-electron chi connectivity index (χ1n) is 7.41. The fourth-order valence-electron chi connectivity index (χ4n) is 3.67. The Kier molecular flexibility index (Phi) is 3.67. The van der Waals surface area contributed by atoms with Gasteiger partial charge in [0.25, 0.3) is 0 Å². The zero-order valence-corrected chi connectivity index (χ0v) is 11.1. The smallest absolute Gasteiger partial charge is 0.0265 e. The summed E-state index contributed by atoms with van der Waals surface area (Å²) in [6, 6.07) is 10.2. The van der Waals surface area contributed by atoms with E-state index in [0.29, 0.717) is 6.04 Å². The molecule has 1 aliphatic heterocycles. The van der Waals surface area contributed by atoms with Crippen LogP contribution in [0.3, 0.4) is 0 Å². The van der Waals surface area contributed by atoms with Gasteiger partial charge in [-0.05, 0) is 30.4 Å². The van der Waals surface area contributed by atoms with Crippen LogP contribution in [-0.2, 0) is 13.0 Å². The molecule has 18 heavy (non-hydrogen) atoms. The third-order valence-electron chi connectivity index (χ3n) is 4.71. The van der Waals surface area contributed by atoms with E-state index in [4.69, 9.17) is 5.73 Å². The molecule has 1 atom stereocenters. The topological polar surface area (TPSA) is 29.3 Å². The lowest BCUT2D eigenvalue weighted by atomic mass is 9.88. The highest BCUT2D eigenvalue weighted by atomic mass is 15.2. The summed E-state index contributed by atoms with van der Waals surface area (Å²) in [7, 11) is 0. The maximum absolute atomic E-state index is 6.02. The summed E-state index contributed by atoms with van der Waals surface area (Å²) in [4.78, 5) is 2.70. The minimum Gasteiger partial charge on any atom is -0.329 e. The van der Waals surface area contributed by atoms with Gasteiger partial charge in [0.1, 0.15) is 0 Å². The van der Waals surface area contributed by atoms with Crippen molar-refractivity contribution in [1.29, 1.82) is 0 Å². The molecule has 1 saturated carbocycles. The largest absolute Gasteiger partial charge is 0.329 e. The first-order valence-corrected chi connectivity index (χ1v) is 7.41. The van der Waals surface area contributed by atoms with E-state index in [9.17, 15) is 0 Å². The van der Waals surface area contributed by atoms with Crippen molar-refractivity contribution in [1.82, 2.24) is 4.90 Å². The molecule has 1 fully saturated rings. The van der Waals surface area contributed by atoms with E-state index in [1.54, 1.807) is 0 Å². The first-order chi connectivity index (χ1) is 8.88. The summed E-state index contributed by atoms with van der Waals surface area (Å²) >= 11 is 0. The van der Waals surface area contributed by atoms with E-state index in [1.165, 1.54) is 43.2 Å². The highest BCUT2D eigenvalue weighted by Crippen LogP contribution is 2.30. The van der Waals surface area contributed by atoms with Gasteiger partial charge in [-0.2, -0.15) is 0 Å². The molecule has 2 nitrogen and oxygen atoms in total. The number of hydrogen-bond donors (Lipinski definition) is 1. The molecule has 2 N–H and O–H groups in total. The van der Waals surface area contributed by atoms with E-state index in [2.05, 4.69) is 29.2 Å². The monoisotopic (exact) mass is 244 g/mol. The maximum atomic E-state index is 6.02. The molecule has 0 spiro atoms. The molecule has 3 rings (SSSR count). The normalized spacial score (nSPS) is 25.9. The lowest BCUT2D eigenvalue weighted by molar-refractivity contribution is 0.0888. The SMILES string of the molecule is NCC1Cc2ccccc2CN1C1CCCCC1. The van der Waals surface area contributed by atoms with Crippen LogP contribution in [0.5, 0.6) is 0 Å². The van der Waals surface area contributed by atoms with Crippen LogP contribution in [0.15, 0.2) is 24.3 Å². The van der Waals surface area contributed by atoms with Gasteiger partial charge >= 0.3 is 0 Å². The molecule has 0 saturated heterocycles. The van der Waals surface area contributed by atoms with Crippen molar-refractivity contribution in [3.05, 3.63) is 35.4 Å². The van der Waals surface area contributed by atoms with Gasteiger partial charge in [0.15, 0.2) is 0 Å². The Morgan fingerprint density at radius 2 is 1.78 bits per heavy atom. The van der Waals surface area contributed by atoms with Gasteiger partial charge in [-0.15, -0.1) is 0 Å². The Bertz CT molecular complexity index is 396. The quantitative estimate of drug-likeness (QED) is 0.866. The molecule has 1 heterocycles. The Hall–Kier alpha value is -0.860. The summed E-state index contributed by atoms with van der Waals surface area (Å²) in [6.07, 6.45) is 8.12. The maximum Gasteiger partial charge on any atom is 0.0265 e. The summed E-state index contributed by atoms with van der Waals surface area (Å²) in [6.45, 7) is 1.91. The summed E-state index contributed by atoms with van der Waals surface area (Å²) in [5, 5.41) is 0. The third kappa shape index (κ3) is 2.32. The molecule has 98 valence electrons. The van der Waals surface area contributed by atoms with Crippen LogP contribution in [0.25, 0.3) is 0 Å². The molecule has 1 aromatic carbocycles. The van der Waals surface area contributed by atoms with Gasteiger partial charge in [0.05, 0.1) is 0 Å². The first kappa shape index (κ1) is 12.2. The van der Waals surface area contributed by atoms with Crippen LogP contribution in [-0.4, -0.2) is 23.5 Å². The standard InChI is InChI=1S/C16H24N2/c17-11-16-10-13-6-4-5-7-14(13)12-18(16)15-8-2-1-3-9-15/h4-7,15-16H,1-3,8-12,17H2. The molecule has 1 aliphatic carbocycles. The second-order valence-electron chi connectivity index (χ2n) is 5.83. The van der Waals surface area contributed by atoms with Gasteiger partial charge in [0.2, 0.25) is 0 Å². The van der Waals surface area contributed by atoms with Crippen molar-refractivity contribution in [3.63, 3.8) is 0 Å². The molecule has 1 aromatic rings. The molecule has 1 unspecified atom stereocenters. The molecule has 0 bridgehead atoms. The van der Waals surface area contributed by atoms with Crippen LogP contribution in [0.1, 0.15) is 43.2 Å². The van der Waals surface area contributed by atoms with Crippen LogP contribution in [0.4, 0.5) is 0 Å². The lowest BCUT2D eigenvalue weighted by Gasteiger charge is -2.43. The van der Waals surface area contributed by atoms with Crippen molar-refractivity contribution < 1.29 is 0 Å². The molecule has 0 aromatic heterocycles. The zero-order chi connectivity index (χ0) is 12.4. The highest BCUT2D eigenvalue weighted by Gasteiger charge is 2.30. The molecule has 0 radical (unpaired) electrons. The number of rotatable bonds is 2. The summed E-state index contributed by atoms with van der Waals surface area (Å²) < 4.78 is 0. The fourth-order valence-corrected chi connectivity index (χ4v) is 3.67. The van der Waals surface area contributed by atoms with E-state index in [1.807, 2.05) is 0 Å². The molecule has 0 amide bonds. The molecular formula is C16H24N2. The average molecular weight is 244 g/mol. The van der Waals surface area contributed by atoms with Crippen molar-refractivity contribution in [2.75, 3.05) is 6.54 Å². The van der Waals surface area contributed by atoms with Gasteiger partial charge in [-0.25, -0.2) is 0 Å². The Morgan fingerprint density at radius 1 is 1.06 bits per heavy atom. The van der Waals surface area contributed by atoms with Gasteiger partial charge in [-0.3, -0.25) is 4.90 Å². The minimum atomic E-state index is 0.558. The fraction of sp³-hybridized carbons (Fsp3) is 0.625. The lowest BCUT2D eigenvalue weighted by Crippen LogP contribution is -2.50. The molecule has 2 heteroatoms. The van der Waals surface area contributed by atoms with Crippen molar-refractivity contribution >= 4 is 0 Å². The van der Waals surface area contributed by atoms with E-state index < -0.39 is 0 Å². The van der Waals surface area contributed by atoms with E-state index >= 15 is 0 Å². The predicted octanol–water partition coefficient (Wildman–Crippen LogP) is 2.70. The molecule has 2 aliphatic rings. The van der Waals surface area contributed by atoms with E-state index in [0.717, 1.165) is 25.6 Å². The number of hydrogen-bond acceptors (Lipinski definition) is 2. The predicted molar refractivity (Wildman–Crippen MR) is 75.4 cm³/mol. The second kappa shape index (κ2) is 5.41. The zero-order valence-electron chi connectivity index (χ0n) is 11.1.